The molecule has 0 aromatic rings. The van der Waals surface area contributed by atoms with E-state index in [9.17, 15) is 0 Å². The molecular formula is C16H32N2O. The summed E-state index contributed by atoms with van der Waals surface area (Å²) in [6.45, 7) is 12.4. The molecule has 2 rings (SSSR count). The molecule has 0 saturated carbocycles. The summed E-state index contributed by atoms with van der Waals surface area (Å²) in [6.07, 6.45) is 6.07. The maximum Gasteiger partial charge on any atom is 0.0484 e. The minimum Gasteiger partial charge on any atom is -0.381 e. The van der Waals surface area contributed by atoms with Gasteiger partial charge in [-0.3, -0.25) is 0 Å². The van der Waals surface area contributed by atoms with Crippen molar-refractivity contribution in [1.29, 1.82) is 0 Å². The third-order valence-corrected chi connectivity index (χ3v) is 5.07. The lowest BCUT2D eigenvalue weighted by molar-refractivity contribution is 0.0377. The van der Waals surface area contributed by atoms with Crippen LogP contribution in [-0.2, 0) is 4.74 Å². The van der Waals surface area contributed by atoms with Crippen LogP contribution >= 0.6 is 0 Å². The van der Waals surface area contributed by atoms with Crippen molar-refractivity contribution in [1.82, 2.24) is 4.90 Å². The van der Waals surface area contributed by atoms with Gasteiger partial charge in [0.15, 0.2) is 0 Å². The molecule has 0 spiro atoms. The van der Waals surface area contributed by atoms with Crippen molar-refractivity contribution in [2.24, 2.45) is 17.1 Å². The predicted octanol–water partition coefficient (Wildman–Crippen LogP) is 2.64. The first-order chi connectivity index (χ1) is 8.89. The molecule has 2 heterocycles. The van der Waals surface area contributed by atoms with Gasteiger partial charge in [-0.1, -0.05) is 20.8 Å². The van der Waals surface area contributed by atoms with Gasteiger partial charge in [0.25, 0.3) is 0 Å². The smallest absolute Gasteiger partial charge is 0.0484 e. The summed E-state index contributed by atoms with van der Waals surface area (Å²) in [5.74, 6) is 0.862. The van der Waals surface area contributed by atoms with Crippen molar-refractivity contribution in [3.63, 3.8) is 0 Å². The Morgan fingerprint density at radius 1 is 1.16 bits per heavy atom. The monoisotopic (exact) mass is 268 g/mol. The lowest BCUT2D eigenvalue weighted by atomic mass is 9.77. The van der Waals surface area contributed by atoms with Crippen molar-refractivity contribution in [3.05, 3.63) is 0 Å². The third-order valence-electron chi connectivity index (χ3n) is 5.07. The molecule has 2 fully saturated rings. The van der Waals surface area contributed by atoms with Crippen LogP contribution in [0.2, 0.25) is 0 Å². The Morgan fingerprint density at radius 2 is 1.84 bits per heavy atom. The molecule has 2 aliphatic rings. The second kappa shape index (κ2) is 6.11. The van der Waals surface area contributed by atoms with Gasteiger partial charge in [-0.25, -0.2) is 0 Å². The van der Waals surface area contributed by atoms with Gasteiger partial charge in [-0.15, -0.1) is 0 Å². The normalized spacial score (nSPS) is 30.0. The third kappa shape index (κ3) is 4.44. The first-order valence-corrected chi connectivity index (χ1v) is 7.98. The van der Waals surface area contributed by atoms with Gasteiger partial charge in [0, 0.05) is 25.3 Å². The van der Waals surface area contributed by atoms with E-state index in [1.807, 2.05) is 0 Å². The fraction of sp³-hybridized carbons (Fsp3) is 1.00. The van der Waals surface area contributed by atoms with Crippen LogP contribution in [-0.4, -0.2) is 43.3 Å². The van der Waals surface area contributed by atoms with Crippen LogP contribution in [0.4, 0.5) is 0 Å². The molecular weight excluding hydrogens is 236 g/mol. The predicted molar refractivity (Wildman–Crippen MR) is 80.2 cm³/mol. The molecule has 0 aromatic carbocycles. The Labute approximate surface area is 118 Å². The first kappa shape index (κ1) is 15.3. The molecule has 0 radical (unpaired) electrons. The van der Waals surface area contributed by atoms with Crippen molar-refractivity contribution in [2.45, 2.75) is 58.4 Å². The zero-order chi connectivity index (χ0) is 13.9. The van der Waals surface area contributed by atoms with Gasteiger partial charge in [-0.05, 0) is 56.5 Å². The van der Waals surface area contributed by atoms with Gasteiger partial charge in [0.2, 0.25) is 0 Å². The number of nitrogens with two attached hydrogens (primary N) is 1. The van der Waals surface area contributed by atoms with Gasteiger partial charge in [-0.2, -0.15) is 0 Å². The van der Waals surface area contributed by atoms with Crippen molar-refractivity contribution in [3.8, 4) is 0 Å². The Hall–Kier alpha value is -0.120. The first-order valence-electron chi connectivity index (χ1n) is 7.98. The van der Waals surface area contributed by atoms with Crippen molar-refractivity contribution < 1.29 is 4.74 Å². The molecule has 19 heavy (non-hydrogen) atoms. The van der Waals surface area contributed by atoms with Gasteiger partial charge in [0.05, 0.1) is 0 Å². The highest BCUT2D eigenvalue weighted by atomic mass is 16.5. The van der Waals surface area contributed by atoms with Crippen molar-refractivity contribution >= 4 is 0 Å². The van der Waals surface area contributed by atoms with E-state index in [4.69, 9.17) is 10.5 Å². The molecule has 0 amide bonds. The number of hydrogen-bond donors (Lipinski definition) is 1. The van der Waals surface area contributed by atoms with E-state index in [2.05, 4.69) is 25.7 Å². The second-order valence-electron chi connectivity index (χ2n) is 7.74. The van der Waals surface area contributed by atoms with E-state index in [0.717, 1.165) is 38.5 Å². The fourth-order valence-corrected chi connectivity index (χ4v) is 3.56. The molecule has 1 atom stereocenters. The van der Waals surface area contributed by atoms with E-state index in [-0.39, 0.29) is 5.54 Å². The van der Waals surface area contributed by atoms with Crippen LogP contribution in [0.5, 0.6) is 0 Å². The lowest BCUT2D eigenvalue weighted by Gasteiger charge is -2.38. The van der Waals surface area contributed by atoms with E-state index in [0.29, 0.717) is 5.41 Å². The number of hydrogen-bond acceptors (Lipinski definition) is 3. The molecule has 0 aliphatic carbocycles. The maximum atomic E-state index is 6.54. The highest BCUT2D eigenvalue weighted by molar-refractivity contribution is 4.90. The van der Waals surface area contributed by atoms with Crippen LogP contribution in [0.1, 0.15) is 52.9 Å². The largest absolute Gasteiger partial charge is 0.381 e. The van der Waals surface area contributed by atoms with Crippen LogP contribution in [0.25, 0.3) is 0 Å². The van der Waals surface area contributed by atoms with Gasteiger partial charge < -0.3 is 15.4 Å². The SMILES string of the molecule is CC(C)(C)C1CCCN(CC2(N)CCOCC2)CC1. The number of likely N-dealkylation sites (tertiary alicyclic amines) is 1. The van der Waals surface area contributed by atoms with E-state index >= 15 is 0 Å². The summed E-state index contributed by atoms with van der Waals surface area (Å²) >= 11 is 0. The zero-order valence-corrected chi connectivity index (χ0v) is 13.1. The van der Waals surface area contributed by atoms with Crippen LogP contribution in [0.3, 0.4) is 0 Å². The molecule has 0 bridgehead atoms. The standard InChI is InChI=1S/C16H32N2O/c1-15(2,3)14-5-4-9-18(10-6-14)13-16(17)7-11-19-12-8-16/h14H,4-13,17H2,1-3H3. The summed E-state index contributed by atoms with van der Waals surface area (Å²) in [7, 11) is 0. The lowest BCUT2D eigenvalue weighted by Crippen LogP contribution is -2.53. The average molecular weight is 268 g/mol. The van der Waals surface area contributed by atoms with Crippen LogP contribution in [0, 0.1) is 11.3 Å². The Bertz CT molecular complexity index is 279. The Kier molecular flexibility index (Phi) is 4.91. The zero-order valence-electron chi connectivity index (χ0n) is 13.1. The van der Waals surface area contributed by atoms with Crippen LogP contribution in [0.15, 0.2) is 0 Å². The maximum absolute atomic E-state index is 6.54. The Balaban J connectivity index is 1.85. The molecule has 2 aliphatic heterocycles. The minimum atomic E-state index is -0.000179. The summed E-state index contributed by atoms with van der Waals surface area (Å²) in [6, 6.07) is 0. The van der Waals surface area contributed by atoms with E-state index in [1.165, 1.54) is 32.4 Å². The summed E-state index contributed by atoms with van der Waals surface area (Å²) in [5, 5.41) is 0. The topological polar surface area (TPSA) is 38.5 Å². The molecule has 2 saturated heterocycles. The fourth-order valence-electron chi connectivity index (χ4n) is 3.56. The number of nitrogens with zero attached hydrogens (tertiary/aromatic N) is 1. The van der Waals surface area contributed by atoms with Crippen molar-refractivity contribution in [2.75, 3.05) is 32.8 Å². The quantitative estimate of drug-likeness (QED) is 0.837. The average Bonchev–Trinajstić information content (AvgIpc) is 2.54. The molecule has 2 N–H and O–H groups in total. The summed E-state index contributed by atoms with van der Waals surface area (Å²) in [4.78, 5) is 2.61. The molecule has 3 nitrogen and oxygen atoms in total. The Morgan fingerprint density at radius 3 is 2.47 bits per heavy atom. The van der Waals surface area contributed by atoms with E-state index in [1.54, 1.807) is 0 Å². The van der Waals surface area contributed by atoms with Crippen LogP contribution < -0.4 is 5.73 Å². The van der Waals surface area contributed by atoms with Gasteiger partial charge >= 0.3 is 0 Å². The number of ether oxygens (including phenoxy) is 1. The summed E-state index contributed by atoms with van der Waals surface area (Å²) < 4.78 is 5.44. The molecule has 3 heteroatoms. The second-order valence-corrected chi connectivity index (χ2v) is 7.74. The number of rotatable bonds is 2. The van der Waals surface area contributed by atoms with E-state index < -0.39 is 0 Å². The van der Waals surface area contributed by atoms with Gasteiger partial charge in [0.1, 0.15) is 0 Å². The molecule has 1 unspecified atom stereocenters. The molecule has 112 valence electrons. The molecule has 0 aromatic heterocycles. The summed E-state index contributed by atoms with van der Waals surface area (Å²) in [5.41, 5.74) is 6.99. The highest BCUT2D eigenvalue weighted by Gasteiger charge is 2.32. The minimum absolute atomic E-state index is 0.000179. The highest BCUT2D eigenvalue weighted by Crippen LogP contribution is 2.34.